The van der Waals surface area contributed by atoms with E-state index in [0.29, 0.717) is 5.69 Å². The Balaban J connectivity index is 2.70. The van der Waals surface area contributed by atoms with Crippen molar-refractivity contribution in [2.75, 3.05) is 0 Å². The molecule has 0 aliphatic heterocycles. The second-order valence-electron chi connectivity index (χ2n) is 2.60. The van der Waals surface area contributed by atoms with Gasteiger partial charge in [0.15, 0.2) is 0 Å². The smallest absolute Gasteiger partial charge is 0.239 e. The Bertz CT molecular complexity index is 279. The van der Waals surface area contributed by atoms with E-state index in [1.807, 2.05) is 0 Å². The number of aromatic nitrogens is 3. The lowest BCUT2D eigenvalue weighted by atomic mass is 10.3. The molecule has 0 fully saturated rings. The maximum Gasteiger partial charge on any atom is 0.239 e. The first-order valence-corrected chi connectivity index (χ1v) is 3.53. The lowest BCUT2D eigenvalue weighted by molar-refractivity contribution is -0.118. The fourth-order valence-electron chi connectivity index (χ4n) is 0.759. The van der Waals surface area contributed by atoms with E-state index in [4.69, 9.17) is 11.5 Å². The summed E-state index contributed by atoms with van der Waals surface area (Å²) < 4.78 is 1.36. The molecule has 0 radical (unpaired) electrons. The summed E-state index contributed by atoms with van der Waals surface area (Å²) >= 11 is 0. The van der Waals surface area contributed by atoms with Crippen molar-refractivity contribution in [1.29, 1.82) is 0 Å². The number of hydrogen-bond acceptors (Lipinski definition) is 4. The highest BCUT2D eigenvalue weighted by Crippen LogP contribution is 2.02. The molecule has 0 bridgehead atoms. The van der Waals surface area contributed by atoms with E-state index in [-0.39, 0.29) is 12.6 Å². The number of rotatable bonds is 3. The van der Waals surface area contributed by atoms with E-state index in [1.54, 1.807) is 13.1 Å². The molecule has 1 unspecified atom stereocenters. The zero-order chi connectivity index (χ0) is 9.14. The Hall–Kier alpha value is -1.43. The van der Waals surface area contributed by atoms with Gasteiger partial charge in [-0.05, 0) is 6.92 Å². The molecule has 66 valence electrons. The van der Waals surface area contributed by atoms with Gasteiger partial charge in [-0.15, -0.1) is 5.10 Å². The van der Waals surface area contributed by atoms with Gasteiger partial charge >= 0.3 is 0 Å². The van der Waals surface area contributed by atoms with Crippen molar-refractivity contribution in [2.24, 2.45) is 11.5 Å². The molecule has 4 N–H and O–H groups in total. The summed E-state index contributed by atoms with van der Waals surface area (Å²) in [4.78, 5) is 10.5. The Kier molecular flexibility index (Phi) is 2.39. The van der Waals surface area contributed by atoms with Gasteiger partial charge in [0.05, 0.1) is 11.9 Å². The van der Waals surface area contributed by atoms with Crippen LogP contribution < -0.4 is 11.5 Å². The van der Waals surface area contributed by atoms with Gasteiger partial charge in [0.2, 0.25) is 5.91 Å². The minimum Gasteiger partial charge on any atom is -0.368 e. The molecule has 0 saturated carbocycles. The molecule has 1 atom stereocenters. The largest absolute Gasteiger partial charge is 0.368 e. The molecular weight excluding hydrogens is 158 g/mol. The van der Waals surface area contributed by atoms with Crippen LogP contribution in [-0.2, 0) is 11.3 Å². The van der Waals surface area contributed by atoms with Crippen LogP contribution >= 0.6 is 0 Å². The highest BCUT2D eigenvalue weighted by molar-refractivity contribution is 5.73. The van der Waals surface area contributed by atoms with Crippen LogP contribution in [0.15, 0.2) is 6.20 Å². The van der Waals surface area contributed by atoms with Gasteiger partial charge < -0.3 is 11.5 Å². The second kappa shape index (κ2) is 3.31. The average Bonchev–Trinajstić information content (AvgIpc) is 2.34. The first kappa shape index (κ1) is 8.66. The average molecular weight is 169 g/mol. The van der Waals surface area contributed by atoms with Crippen LogP contribution in [0.2, 0.25) is 0 Å². The topological polar surface area (TPSA) is 99.8 Å². The van der Waals surface area contributed by atoms with E-state index in [0.717, 1.165) is 0 Å². The van der Waals surface area contributed by atoms with Crippen LogP contribution in [-0.4, -0.2) is 20.9 Å². The fourth-order valence-corrected chi connectivity index (χ4v) is 0.759. The minimum absolute atomic E-state index is 0.0414. The lowest BCUT2D eigenvalue weighted by Gasteiger charge is -1.95. The number of nitrogens with zero attached hydrogens (tertiary/aromatic N) is 3. The van der Waals surface area contributed by atoms with Crippen LogP contribution in [0.25, 0.3) is 0 Å². The third-order valence-electron chi connectivity index (χ3n) is 1.34. The molecule has 6 heteroatoms. The van der Waals surface area contributed by atoms with Crippen LogP contribution in [0.3, 0.4) is 0 Å². The van der Waals surface area contributed by atoms with Crippen LogP contribution in [0.4, 0.5) is 0 Å². The SMILES string of the molecule is CC(N)c1cn(CC(N)=O)nn1. The normalized spacial score (nSPS) is 12.8. The summed E-state index contributed by atoms with van der Waals surface area (Å²) in [7, 11) is 0. The third kappa shape index (κ3) is 2.03. The molecule has 6 nitrogen and oxygen atoms in total. The van der Waals surface area contributed by atoms with Crippen molar-refractivity contribution in [2.45, 2.75) is 19.5 Å². The highest BCUT2D eigenvalue weighted by atomic mass is 16.1. The molecule has 0 aromatic carbocycles. The Morgan fingerprint density at radius 3 is 2.92 bits per heavy atom. The predicted octanol–water partition coefficient (Wildman–Crippen LogP) is -1.22. The molecule has 1 aromatic rings. The van der Waals surface area contributed by atoms with Gasteiger partial charge in [-0.1, -0.05) is 5.21 Å². The van der Waals surface area contributed by atoms with Crippen molar-refractivity contribution in [3.8, 4) is 0 Å². The molecule has 1 heterocycles. The number of nitrogens with two attached hydrogens (primary N) is 2. The van der Waals surface area contributed by atoms with Gasteiger partial charge in [-0.25, -0.2) is 4.68 Å². The van der Waals surface area contributed by atoms with Crippen molar-refractivity contribution in [3.05, 3.63) is 11.9 Å². The van der Waals surface area contributed by atoms with Crippen molar-refractivity contribution in [3.63, 3.8) is 0 Å². The molecule has 1 amide bonds. The van der Waals surface area contributed by atoms with E-state index >= 15 is 0 Å². The molecule has 0 aliphatic rings. The third-order valence-corrected chi connectivity index (χ3v) is 1.34. The summed E-state index contributed by atoms with van der Waals surface area (Å²) in [6, 6.07) is -0.174. The summed E-state index contributed by atoms with van der Waals surface area (Å²) in [5.74, 6) is -0.448. The molecule has 0 aliphatic carbocycles. The molecule has 12 heavy (non-hydrogen) atoms. The number of carbonyl (C=O) groups is 1. The zero-order valence-electron chi connectivity index (χ0n) is 6.77. The van der Waals surface area contributed by atoms with E-state index in [1.165, 1.54) is 4.68 Å². The zero-order valence-corrected chi connectivity index (χ0v) is 6.77. The van der Waals surface area contributed by atoms with Crippen LogP contribution in [0.5, 0.6) is 0 Å². The van der Waals surface area contributed by atoms with Crippen molar-refractivity contribution >= 4 is 5.91 Å². The number of carbonyl (C=O) groups excluding carboxylic acids is 1. The summed E-state index contributed by atoms with van der Waals surface area (Å²) in [5, 5.41) is 7.41. The summed E-state index contributed by atoms with van der Waals surface area (Å²) in [5.41, 5.74) is 11.1. The number of amides is 1. The van der Waals surface area contributed by atoms with Crippen molar-refractivity contribution in [1.82, 2.24) is 15.0 Å². The molecular formula is C6H11N5O. The molecule has 1 aromatic heterocycles. The quantitative estimate of drug-likeness (QED) is 0.592. The van der Waals surface area contributed by atoms with E-state index < -0.39 is 5.91 Å². The molecule has 0 spiro atoms. The fraction of sp³-hybridized carbons (Fsp3) is 0.500. The van der Waals surface area contributed by atoms with Gasteiger partial charge in [0, 0.05) is 6.04 Å². The van der Waals surface area contributed by atoms with E-state index in [9.17, 15) is 4.79 Å². The van der Waals surface area contributed by atoms with Gasteiger partial charge in [0.1, 0.15) is 6.54 Å². The molecule has 1 rings (SSSR count). The molecule has 0 saturated heterocycles. The maximum absolute atomic E-state index is 10.5. The lowest BCUT2D eigenvalue weighted by Crippen LogP contribution is -2.18. The van der Waals surface area contributed by atoms with Gasteiger partial charge in [0.25, 0.3) is 0 Å². The summed E-state index contributed by atoms with van der Waals surface area (Å²) in [6.45, 7) is 1.83. The maximum atomic E-state index is 10.5. The monoisotopic (exact) mass is 169 g/mol. The van der Waals surface area contributed by atoms with Crippen LogP contribution in [0, 0.1) is 0 Å². The standard InChI is InChI=1S/C6H11N5O/c1-4(7)5-2-11(10-9-5)3-6(8)12/h2,4H,3,7H2,1H3,(H2,8,12). The van der Waals surface area contributed by atoms with E-state index in [2.05, 4.69) is 10.3 Å². The first-order valence-electron chi connectivity index (χ1n) is 3.53. The predicted molar refractivity (Wildman–Crippen MR) is 41.8 cm³/mol. The van der Waals surface area contributed by atoms with Crippen LogP contribution in [0.1, 0.15) is 18.7 Å². The number of hydrogen-bond donors (Lipinski definition) is 2. The van der Waals surface area contributed by atoms with Crippen molar-refractivity contribution < 1.29 is 4.79 Å². The minimum atomic E-state index is -0.448. The van der Waals surface area contributed by atoms with Gasteiger partial charge in [-0.3, -0.25) is 4.79 Å². The Morgan fingerprint density at radius 2 is 2.50 bits per heavy atom. The van der Waals surface area contributed by atoms with Gasteiger partial charge in [-0.2, -0.15) is 0 Å². The summed E-state index contributed by atoms with van der Waals surface area (Å²) in [6.07, 6.45) is 1.61. The highest BCUT2D eigenvalue weighted by Gasteiger charge is 2.05. The Labute approximate surface area is 69.5 Å². The number of primary amides is 1. The Morgan fingerprint density at radius 1 is 1.83 bits per heavy atom. The first-order chi connectivity index (χ1) is 5.59. The second-order valence-corrected chi connectivity index (χ2v) is 2.60.